The molecule has 0 saturated carbocycles. The van der Waals surface area contributed by atoms with E-state index in [9.17, 15) is 9.18 Å². The van der Waals surface area contributed by atoms with Crippen molar-refractivity contribution in [3.63, 3.8) is 0 Å². The van der Waals surface area contributed by atoms with Gasteiger partial charge in [-0.15, -0.1) is 0 Å². The van der Waals surface area contributed by atoms with Crippen molar-refractivity contribution in [2.24, 2.45) is 5.41 Å². The summed E-state index contributed by atoms with van der Waals surface area (Å²) in [6.07, 6.45) is 5.47. The van der Waals surface area contributed by atoms with E-state index in [1.54, 1.807) is 24.7 Å². The Bertz CT molecular complexity index is 2010. The van der Waals surface area contributed by atoms with Gasteiger partial charge in [-0.2, -0.15) is 5.10 Å². The normalized spacial score (nSPS) is 11.9. The molecule has 45 heavy (non-hydrogen) atoms. The minimum Gasteiger partial charge on any atom is -0.492 e. The van der Waals surface area contributed by atoms with E-state index < -0.39 is 5.82 Å². The van der Waals surface area contributed by atoms with Crippen LogP contribution in [0.25, 0.3) is 55.8 Å². The van der Waals surface area contributed by atoms with E-state index in [0.717, 1.165) is 27.5 Å². The zero-order valence-electron chi connectivity index (χ0n) is 25.9. The van der Waals surface area contributed by atoms with Gasteiger partial charge in [-0.1, -0.05) is 26.8 Å². The molecule has 11 heteroatoms. The van der Waals surface area contributed by atoms with Crippen molar-refractivity contribution in [3.8, 4) is 39.7 Å². The first-order valence-electron chi connectivity index (χ1n) is 14.7. The van der Waals surface area contributed by atoms with E-state index in [1.165, 1.54) is 12.1 Å². The molecule has 6 aromatic rings. The fraction of sp³-hybridized carbons (Fsp3) is 0.265. The average molecular weight is 607 g/mol. The highest BCUT2D eigenvalue weighted by atomic mass is 19.1. The Labute approximate surface area is 260 Å². The highest BCUT2D eigenvalue weighted by molar-refractivity contribution is 5.98. The number of benzene rings is 2. The number of imidazole rings is 1. The molecule has 4 heterocycles. The predicted octanol–water partition coefficient (Wildman–Crippen LogP) is 6.68. The molecule has 0 aliphatic heterocycles. The number of pyridine rings is 2. The highest BCUT2D eigenvalue weighted by Crippen LogP contribution is 2.34. The van der Waals surface area contributed by atoms with Crippen molar-refractivity contribution in [2.75, 3.05) is 32.6 Å². The molecule has 10 nitrogen and oxygen atoms in total. The lowest BCUT2D eigenvalue weighted by atomic mass is 9.92. The van der Waals surface area contributed by atoms with Gasteiger partial charge in [-0.25, -0.2) is 9.37 Å². The number of amides is 1. The van der Waals surface area contributed by atoms with Crippen LogP contribution in [0, 0.1) is 11.2 Å². The number of aromatic nitrogens is 6. The second-order valence-corrected chi connectivity index (χ2v) is 12.5. The molecular weight excluding hydrogens is 571 g/mol. The molecule has 0 saturated heterocycles. The summed E-state index contributed by atoms with van der Waals surface area (Å²) < 4.78 is 20.4. The second-order valence-electron chi connectivity index (χ2n) is 12.5. The van der Waals surface area contributed by atoms with Gasteiger partial charge in [0.15, 0.2) is 5.82 Å². The van der Waals surface area contributed by atoms with Crippen molar-refractivity contribution in [1.29, 1.82) is 0 Å². The minimum atomic E-state index is -0.417. The standard InChI is InChI=1S/C34H35FN8O2/c1-34(2,3)17-29(44)38-24-13-22(18-36-19-24)20-6-7-27-26(15-20)31(42-41-27)33-39-28-8-9-37-30(32(28)40-33)21-12-23(35)16-25(14-21)45-11-10-43(4)5/h6-9,12-16,18-19H,10-11,17H2,1-5H3,(H,38,44)(H,39,40)(H,41,42). The van der Waals surface area contributed by atoms with Crippen LogP contribution in [-0.2, 0) is 4.79 Å². The summed E-state index contributed by atoms with van der Waals surface area (Å²) in [5.41, 5.74) is 6.16. The van der Waals surface area contributed by atoms with Crippen LogP contribution in [0.15, 0.2) is 67.1 Å². The Morgan fingerprint density at radius 3 is 2.62 bits per heavy atom. The number of nitrogens with one attached hydrogen (secondary N) is 3. The van der Waals surface area contributed by atoms with Gasteiger partial charge in [-0.3, -0.25) is 19.9 Å². The van der Waals surface area contributed by atoms with E-state index in [0.29, 0.717) is 59.3 Å². The number of hydrogen-bond donors (Lipinski definition) is 3. The number of carbonyl (C=O) groups is 1. The summed E-state index contributed by atoms with van der Waals surface area (Å²) in [5.74, 6) is 0.501. The smallest absolute Gasteiger partial charge is 0.224 e. The maximum Gasteiger partial charge on any atom is 0.224 e. The van der Waals surface area contributed by atoms with Crippen LogP contribution >= 0.6 is 0 Å². The van der Waals surface area contributed by atoms with Crippen molar-refractivity contribution >= 4 is 33.5 Å². The molecule has 0 radical (unpaired) electrons. The molecule has 0 spiro atoms. The SMILES string of the molecule is CN(C)CCOc1cc(F)cc(-c2nccc3[nH]c(-c4n[nH]c5ccc(-c6cncc(NC(=O)CC(C)(C)C)c6)cc45)nc23)c1. The number of halogens is 1. The van der Waals surface area contributed by atoms with Gasteiger partial charge in [-0.05, 0) is 61.5 Å². The van der Waals surface area contributed by atoms with Crippen LogP contribution in [0.4, 0.5) is 10.1 Å². The van der Waals surface area contributed by atoms with Crippen LogP contribution in [0.1, 0.15) is 27.2 Å². The molecule has 2 aromatic carbocycles. The van der Waals surface area contributed by atoms with Crippen LogP contribution in [0.3, 0.4) is 0 Å². The molecule has 0 unspecified atom stereocenters. The van der Waals surface area contributed by atoms with Gasteiger partial charge in [0.05, 0.1) is 28.6 Å². The van der Waals surface area contributed by atoms with Crippen LogP contribution in [-0.4, -0.2) is 68.2 Å². The lowest BCUT2D eigenvalue weighted by Gasteiger charge is -2.17. The third-order valence-electron chi connectivity index (χ3n) is 7.19. The minimum absolute atomic E-state index is 0.0564. The molecule has 0 fully saturated rings. The van der Waals surface area contributed by atoms with Crippen molar-refractivity contribution in [1.82, 2.24) is 35.0 Å². The van der Waals surface area contributed by atoms with Crippen LogP contribution < -0.4 is 10.1 Å². The molecule has 0 atom stereocenters. The number of H-pyrrole nitrogens is 2. The van der Waals surface area contributed by atoms with Crippen LogP contribution in [0.2, 0.25) is 0 Å². The lowest BCUT2D eigenvalue weighted by molar-refractivity contribution is -0.117. The summed E-state index contributed by atoms with van der Waals surface area (Å²) in [5, 5.41) is 11.5. The van der Waals surface area contributed by atoms with Gasteiger partial charge in [0, 0.05) is 47.9 Å². The second kappa shape index (κ2) is 12.1. The molecule has 230 valence electrons. The van der Waals surface area contributed by atoms with E-state index in [2.05, 4.69) is 30.5 Å². The van der Waals surface area contributed by atoms with Crippen LogP contribution in [0.5, 0.6) is 5.75 Å². The topological polar surface area (TPSA) is 125 Å². The number of ether oxygens (including phenoxy) is 1. The highest BCUT2D eigenvalue weighted by Gasteiger charge is 2.19. The fourth-order valence-corrected chi connectivity index (χ4v) is 5.11. The van der Waals surface area contributed by atoms with E-state index >= 15 is 0 Å². The molecule has 6 rings (SSSR count). The maximum absolute atomic E-state index is 14.6. The summed E-state index contributed by atoms with van der Waals surface area (Å²) in [6, 6.07) is 14.3. The summed E-state index contributed by atoms with van der Waals surface area (Å²) in [4.78, 5) is 31.7. The van der Waals surface area contributed by atoms with Gasteiger partial charge in [0.1, 0.15) is 29.4 Å². The van der Waals surface area contributed by atoms with Crippen molar-refractivity contribution < 1.29 is 13.9 Å². The Kier molecular flexibility index (Phi) is 8.03. The first-order valence-corrected chi connectivity index (χ1v) is 14.7. The van der Waals surface area contributed by atoms with E-state index in [1.807, 2.05) is 70.1 Å². The third kappa shape index (κ3) is 6.83. The zero-order chi connectivity index (χ0) is 31.7. The lowest BCUT2D eigenvalue weighted by Crippen LogP contribution is -2.19. The summed E-state index contributed by atoms with van der Waals surface area (Å²) >= 11 is 0. The Hall–Kier alpha value is -5.16. The molecule has 0 aliphatic carbocycles. The number of nitrogens with zero attached hydrogens (tertiary/aromatic N) is 5. The zero-order valence-corrected chi connectivity index (χ0v) is 25.9. The first kappa shape index (κ1) is 29.9. The Morgan fingerprint density at radius 1 is 0.978 bits per heavy atom. The quantitative estimate of drug-likeness (QED) is 0.168. The first-order chi connectivity index (χ1) is 21.5. The maximum atomic E-state index is 14.6. The summed E-state index contributed by atoms with van der Waals surface area (Å²) in [7, 11) is 3.91. The van der Waals surface area contributed by atoms with Gasteiger partial charge < -0.3 is 19.9 Å². The number of carbonyl (C=O) groups excluding carboxylic acids is 1. The number of rotatable bonds is 9. The number of fused-ring (bicyclic) bond motifs is 2. The number of likely N-dealkylation sites (N-methyl/N-ethyl adjacent to an activating group) is 1. The molecule has 1 amide bonds. The molecule has 0 bridgehead atoms. The third-order valence-corrected chi connectivity index (χ3v) is 7.19. The monoisotopic (exact) mass is 606 g/mol. The molecule has 3 N–H and O–H groups in total. The summed E-state index contributed by atoms with van der Waals surface area (Å²) in [6.45, 7) is 7.22. The van der Waals surface area contributed by atoms with Crippen molar-refractivity contribution in [3.05, 3.63) is 72.9 Å². The predicted molar refractivity (Wildman–Crippen MR) is 174 cm³/mol. The largest absolute Gasteiger partial charge is 0.492 e. The van der Waals surface area contributed by atoms with Gasteiger partial charge >= 0.3 is 0 Å². The molecule has 4 aromatic heterocycles. The molecule has 0 aliphatic rings. The Balaban J connectivity index is 1.33. The molecular formula is C34H35FN8O2. The number of anilines is 1. The number of hydrogen-bond acceptors (Lipinski definition) is 7. The van der Waals surface area contributed by atoms with E-state index in [-0.39, 0.29) is 11.3 Å². The average Bonchev–Trinajstić information content (AvgIpc) is 3.59. The van der Waals surface area contributed by atoms with Gasteiger partial charge in [0.2, 0.25) is 5.91 Å². The fourth-order valence-electron chi connectivity index (χ4n) is 5.11. The number of aromatic amines is 2. The van der Waals surface area contributed by atoms with Crippen molar-refractivity contribution in [2.45, 2.75) is 27.2 Å². The Morgan fingerprint density at radius 2 is 1.82 bits per heavy atom. The van der Waals surface area contributed by atoms with Gasteiger partial charge in [0.25, 0.3) is 0 Å². The van der Waals surface area contributed by atoms with E-state index in [4.69, 9.17) is 9.72 Å².